The highest BCUT2D eigenvalue weighted by atomic mass is 35.5. The maximum atomic E-state index is 12.8. The zero-order valence-corrected chi connectivity index (χ0v) is 14.6. The summed E-state index contributed by atoms with van der Waals surface area (Å²) in [5, 5.41) is 2.54. The molecule has 1 aliphatic carbocycles. The highest BCUT2D eigenvalue weighted by Gasteiger charge is 2.34. The van der Waals surface area contributed by atoms with Crippen molar-refractivity contribution >= 4 is 23.2 Å². The van der Waals surface area contributed by atoms with Crippen LogP contribution >= 0.6 is 11.6 Å². The molecule has 124 valence electrons. The van der Waals surface area contributed by atoms with Crippen molar-refractivity contribution in [3.63, 3.8) is 0 Å². The number of hydrogen-bond donors (Lipinski definition) is 1. The summed E-state index contributed by atoms with van der Waals surface area (Å²) in [7, 11) is 1.91. The quantitative estimate of drug-likeness (QED) is 0.853. The zero-order valence-electron chi connectivity index (χ0n) is 13.8. The molecular formula is C18H24ClN3O. The predicted molar refractivity (Wildman–Crippen MR) is 94.3 cm³/mol. The van der Waals surface area contributed by atoms with Gasteiger partial charge in [0.15, 0.2) is 0 Å². The molecule has 1 aromatic rings. The topological polar surface area (TPSA) is 35.6 Å². The van der Waals surface area contributed by atoms with Crippen molar-refractivity contribution in [3.05, 3.63) is 40.6 Å². The van der Waals surface area contributed by atoms with Gasteiger partial charge in [-0.2, -0.15) is 0 Å². The lowest BCUT2D eigenvalue weighted by molar-refractivity contribution is -0.128. The molecule has 1 heterocycles. The Morgan fingerprint density at radius 3 is 2.70 bits per heavy atom. The molecule has 4 nitrogen and oxygen atoms in total. The van der Waals surface area contributed by atoms with E-state index in [1.165, 1.54) is 19.3 Å². The van der Waals surface area contributed by atoms with Gasteiger partial charge in [-0.05, 0) is 43.5 Å². The van der Waals surface area contributed by atoms with Crippen LogP contribution in [0.25, 0.3) is 0 Å². The Hall–Kier alpha value is -1.68. The van der Waals surface area contributed by atoms with Gasteiger partial charge in [-0.1, -0.05) is 36.9 Å². The van der Waals surface area contributed by atoms with Gasteiger partial charge >= 0.3 is 0 Å². The average Bonchev–Trinajstić information content (AvgIpc) is 2.84. The minimum absolute atomic E-state index is 0.128. The van der Waals surface area contributed by atoms with Crippen LogP contribution in [0.3, 0.4) is 0 Å². The van der Waals surface area contributed by atoms with Gasteiger partial charge in [0.25, 0.3) is 5.91 Å². The van der Waals surface area contributed by atoms with Crippen molar-refractivity contribution in [1.82, 2.24) is 10.3 Å². The van der Waals surface area contributed by atoms with E-state index in [1.807, 2.05) is 48.1 Å². The first-order valence-corrected chi connectivity index (χ1v) is 8.70. The molecule has 1 aliphatic heterocycles. The number of hydrogen-bond acceptors (Lipinski definition) is 3. The summed E-state index contributed by atoms with van der Waals surface area (Å²) >= 11 is 6.05. The summed E-state index contributed by atoms with van der Waals surface area (Å²) in [5.74, 6) is 0.128. The number of carbonyl (C=O) groups excluding carboxylic acids is 1. The number of amides is 1. The van der Waals surface area contributed by atoms with E-state index in [2.05, 4.69) is 5.43 Å². The molecule has 1 amide bonds. The monoisotopic (exact) mass is 333 g/mol. The number of nitrogens with one attached hydrogen (secondary N) is 1. The van der Waals surface area contributed by atoms with Crippen molar-refractivity contribution in [2.24, 2.45) is 0 Å². The Bertz CT molecular complexity index is 622. The molecule has 0 aromatic heterocycles. The third-order valence-electron chi connectivity index (χ3n) is 4.80. The molecular weight excluding hydrogens is 310 g/mol. The number of halogens is 1. The van der Waals surface area contributed by atoms with Gasteiger partial charge in [0.05, 0.1) is 5.69 Å². The number of nitrogens with zero attached hydrogens (tertiary/aromatic N) is 2. The van der Waals surface area contributed by atoms with Crippen molar-refractivity contribution in [2.45, 2.75) is 45.1 Å². The first kappa shape index (κ1) is 16.2. The van der Waals surface area contributed by atoms with Gasteiger partial charge in [-0.3, -0.25) is 15.2 Å². The van der Waals surface area contributed by atoms with Gasteiger partial charge in [0.2, 0.25) is 0 Å². The van der Waals surface area contributed by atoms with Crippen molar-refractivity contribution in [2.75, 3.05) is 18.6 Å². The van der Waals surface area contributed by atoms with E-state index in [4.69, 9.17) is 11.6 Å². The smallest absolute Gasteiger partial charge is 0.272 e. The van der Waals surface area contributed by atoms with E-state index in [0.29, 0.717) is 16.8 Å². The summed E-state index contributed by atoms with van der Waals surface area (Å²) in [6, 6.07) is 7.99. The van der Waals surface area contributed by atoms with Crippen molar-refractivity contribution in [1.29, 1.82) is 0 Å². The first-order valence-electron chi connectivity index (χ1n) is 8.33. The highest BCUT2D eigenvalue weighted by molar-refractivity contribution is 6.30. The summed E-state index contributed by atoms with van der Waals surface area (Å²) in [6.07, 6.45) is 6.04. The third-order valence-corrected chi connectivity index (χ3v) is 5.03. The summed E-state index contributed by atoms with van der Waals surface area (Å²) in [4.78, 5) is 14.8. The van der Waals surface area contributed by atoms with Crippen LogP contribution in [0, 0.1) is 0 Å². The molecule has 1 N–H and O–H groups in total. The van der Waals surface area contributed by atoms with Gasteiger partial charge in [0, 0.05) is 24.7 Å². The fourth-order valence-corrected chi connectivity index (χ4v) is 3.66. The van der Waals surface area contributed by atoms with E-state index in [-0.39, 0.29) is 5.91 Å². The van der Waals surface area contributed by atoms with Gasteiger partial charge in [-0.25, -0.2) is 0 Å². The molecule has 0 radical (unpaired) electrons. The van der Waals surface area contributed by atoms with E-state index in [0.717, 1.165) is 30.6 Å². The van der Waals surface area contributed by atoms with E-state index < -0.39 is 0 Å². The number of anilines is 1. The van der Waals surface area contributed by atoms with Gasteiger partial charge in [0.1, 0.15) is 5.70 Å². The fourth-order valence-electron chi connectivity index (χ4n) is 3.48. The average molecular weight is 334 g/mol. The summed E-state index contributed by atoms with van der Waals surface area (Å²) in [6.45, 7) is 2.78. The van der Waals surface area contributed by atoms with Crippen LogP contribution in [-0.4, -0.2) is 30.4 Å². The second-order valence-corrected chi connectivity index (χ2v) is 6.97. The maximum absolute atomic E-state index is 12.8. The normalized spacial score (nSPS) is 19.4. The van der Waals surface area contributed by atoms with Crippen LogP contribution in [0.4, 0.5) is 5.69 Å². The van der Waals surface area contributed by atoms with E-state index in [9.17, 15) is 4.79 Å². The Balaban J connectivity index is 1.69. The Morgan fingerprint density at radius 2 is 2.00 bits per heavy atom. The second-order valence-electron chi connectivity index (χ2n) is 6.53. The minimum Gasteiger partial charge on any atom is -0.330 e. The Morgan fingerprint density at radius 1 is 1.26 bits per heavy atom. The lowest BCUT2D eigenvalue weighted by Gasteiger charge is -2.31. The molecule has 0 spiro atoms. The van der Waals surface area contributed by atoms with Crippen LogP contribution in [-0.2, 0) is 4.79 Å². The molecule has 2 aliphatic rings. The molecule has 0 unspecified atom stereocenters. The van der Waals surface area contributed by atoms with Crippen LogP contribution in [0.5, 0.6) is 0 Å². The van der Waals surface area contributed by atoms with Gasteiger partial charge in [-0.15, -0.1) is 0 Å². The predicted octanol–water partition coefficient (Wildman–Crippen LogP) is 3.73. The third kappa shape index (κ3) is 3.47. The SMILES string of the molecule is CC1=C(NN(C)c2cccc(Cl)c2)C(=O)N(C2CCCCC2)C1. The molecule has 0 atom stereocenters. The Labute approximate surface area is 143 Å². The highest BCUT2D eigenvalue weighted by Crippen LogP contribution is 2.28. The van der Waals surface area contributed by atoms with Crippen molar-refractivity contribution in [3.8, 4) is 0 Å². The summed E-state index contributed by atoms with van der Waals surface area (Å²) < 4.78 is 0. The van der Waals surface area contributed by atoms with Crippen LogP contribution < -0.4 is 10.4 Å². The van der Waals surface area contributed by atoms with Crippen LogP contribution in [0.2, 0.25) is 5.02 Å². The lowest BCUT2D eigenvalue weighted by Crippen LogP contribution is -2.43. The van der Waals surface area contributed by atoms with E-state index in [1.54, 1.807) is 0 Å². The largest absolute Gasteiger partial charge is 0.330 e. The molecule has 0 saturated heterocycles. The lowest BCUT2D eigenvalue weighted by atomic mass is 9.94. The molecule has 3 rings (SSSR count). The standard InChI is InChI=1S/C18H24ClN3O/c1-13-12-22(15-8-4-3-5-9-15)18(23)17(13)20-21(2)16-10-6-7-14(19)11-16/h6-7,10-11,15,20H,3-5,8-9,12H2,1-2H3. The summed E-state index contributed by atoms with van der Waals surface area (Å²) in [5.41, 5.74) is 6.00. The number of carbonyl (C=O) groups is 1. The number of benzene rings is 1. The van der Waals surface area contributed by atoms with Gasteiger partial charge < -0.3 is 4.90 Å². The fraction of sp³-hybridized carbons (Fsp3) is 0.500. The molecule has 1 saturated carbocycles. The van der Waals surface area contributed by atoms with Crippen LogP contribution in [0.1, 0.15) is 39.0 Å². The minimum atomic E-state index is 0.128. The number of hydrazine groups is 1. The molecule has 0 bridgehead atoms. The zero-order chi connectivity index (χ0) is 16.4. The van der Waals surface area contributed by atoms with Crippen molar-refractivity contribution < 1.29 is 4.79 Å². The second kappa shape index (κ2) is 6.83. The van der Waals surface area contributed by atoms with Crippen LogP contribution in [0.15, 0.2) is 35.5 Å². The molecule has 23 heavy (non-hydrogen) atoms. The maximum Gasteiger partial charge on any atom is 0.272 e. The molecule has 1 aromatic carbocycles. The number of rotatable bonds is 4. The Kier molecular flexibility index (Phi) is 4.81. The molecule has 1 fully saturated rings. The molecule has 5 heteroatoms. The first-order chi connectivity index (χ1) is 11.1. The van der Waals surface area contributed by atoms with E-state index >= 15 is 0 Å².